The van der Waals surface area contributed by atoms with Gasteiger partial charge in [0.1, 0.15) is 5.75 Å². The SMILES string of the molecule is COC(=O)c1ccc(OS(=O)(=O)C(F)(F)F)c(C=C(C)C)c1. The van der Waals surface area contributed by atoms with Gasteiger partial charge in [0.2, 0.25) is 0 Å². The van der Waals surface area contributed by atoms with Crippen molar-refractivity contribution in [2.24, 2.45) is 0 Å². The van der Waals surface area contributed by atoms with Crippen LogP contribution >= 0.6 is 0 Å². The Morgan fingerprint density at radius 1 is 1.23 bits per heavy atom. The van der Waals surface area contributed by atoms with E-state index in [1.165, 1.54) is 12.1 Å². The van der Waals surface area contributed by atoms with Gasteiger partial charge in [0.05, 0.1) is 12.7 Å². The van der Waals surface area contributed by atoms with Crippen LogP contribution in [0.1, 0.15) is 29.8 Å². The predicted molar refractivity (Wildman–Crippen MR) is 72.7 cm³/mol. The first kappa shape index (κ1) is 18.0. The van der Waals surface area contributed by atoms with Crippen LogP contribution in [-0.2, 0) is 14.9 Å². The van der Waals surface area contributed by atoms with E-state index in [4.69, 9.17) is 0 Å². The van der Waals surface area contributed by atoms with Crippen molar-refractivity contribution in [3.8, 4) is 5.75 Å². The maximum absolute atomic E-state index is 12.4. The molecule has 0 amide bonds. The Hall–Kier alpha value is -2.03. The number of esters is 1. The molecule has 9 heteroatoms. The molecule has 0 aliphatic carbocycles. The molecule has 0 aliphatic heterocycles. The Bertz CT molecular complexity index is 701. The molecule has 0 heterocycles. The topological polar surface area (TPSA) is 69.7 Å². The van der Waals surface area contributed by atoms with Crippen LogP contribution in [0.3, 0.4) is 0 Å². The third kappa shape index (κ3) is 4.23. The van der Waals surface area contributed by atoms with Gasteiger partial charge in [0.15, 0.2) is 0 Å². The summed E-state index contributed by atoms with van der Waals surface area (Å²) in [6.07, 6.45) is 1.38. The molecule has 0 saturated carbocycles. The number of carbonyl (C=O) groups is 1. The van der Waals surface area contributed by atoms with Crippen molar-refractivity contribution in [1.29, 1.82) is 0 Å². The highest BCUT2D eigenvalue weighted by atomic mass is 32.2. The molecule has 0 fully saturated rings. The van der Waals surface area contributed by atoms with Gasteiger partial charge >= 0.3 is 21.6 Å². The molecule has 22 heavy (non-hydrogen) atoms. The fourth-order valence-electron chi connectivity index (χ4n) is 1.46. The number of ether oxygens (including phenoxy) is 1. The number of carbonyl (C=O) groups excluding carboxylic acids is 1. The van der Waals surface area contributed by atoms with Crippen LogP contribution in [0.4, 0.5) is 13.2 Å². The van der Waals surface area contributed by atoms with Crippen molar-refractivity contribution in [2.75, 3.05) is 7.11 Å². The van der Waals surface area contributed by atoms with Crippen molar-refractivity contribution in [3.05, 3.63) is 34.9 Å². The molecule has 0 radical (unpaired) electrons. The zero-order valence-electron chi connectivity index (χ0n) is 11.9. The fraction of sp³-hybridized carbons (Fsp3) is 0.308. The van der Waals surface area contributed by atoms with Crippen molar-refractivity contribution >= 4 is 22.2 Å². The second-order valence-corrected chi connectivity index (χ2v) is 5.99. The molecule has 1 aromatic carbocycles. The molecular formula is C13H13F3O5S. The number of hydrogen-bond acceptors (Lipinski definition) is 5. The van der Waals surface area contributed by atoms with E-state index in [0.717, 1.165) is 19.2 Å². The van der Waals surface area contributed by atoms with Crippen LogP contribution in [0.25, 0.3) is 6.08 Å². The highest BCUT2D eigenvalue weighted by Crippen LogP contribution is 2.30. The average Bonchev–Trinajstić information content (AvgIpc) is 2.37. The number of alkyl halides is 3. The summed E-state index contributed by atoms with van der Waals surface area (Å²) in [7, 11) is -4.65. The maximum Gasteiger partial charge on any atom is 0.534 e. The molecule has 0 spiro atoms. The van der Waals surface area contributed by atoms with E-state index in [0.29, 0.717) is 5.57 Å². The monoisotopic (exact) mass is 338 g/mol. The summed E-state index contributed by atoms with van der Waals surface area (Å²) >= 11 is 0. The second-order valence-electron chi connectivity index (χ2n) is 4.45. The van der Waals surface area contributed by atoms with Crippen LogP contribution < -0.4 is 4.18 Å². The van der Waals surface area contributed by atoms with Gasteiger partial charge in [-0.25, -0.2) is 4.79 Å². The zero-order valence-corrected chi connectivity index (χ0v) is 12.7. The second kappa shape index (κ2) is 6.39. The fourth-order valence-corrected chi connectivity index (χ4v) is 1.94. The summed E-state index contributed by atoms with van der Waals surface area (Å²) in [5.74, 6) is -1.25. The van der Waals surface area contributed by atoms with Crippen molar-refractivity contribution < 1.29 is 35.3 Å². The van der Waals surface area contributed by atoms with Gasteiger partial charge in [0, 0.05) is 5.56 Å². The van der Waals surface area contributed by atoms with Crippen LogP contribution in [0.2, 0.25) is 0 Å². The number of methoxy groups -OCH3 is 1. The molecule has 0 N–H and O–H groups in total. The van der Waals surface area contributed by atoms with E-state index in [1.54, 1.807) is 13.8 Å². The lowest BCUT2D eigenvalue weighted by atomic mass is 10.1. The van der Waals surface area contributed by atoms with Gasteiger partial charge < -0.3 is 8.92 Å². The summed E-state index contributed by atoms with van der Waals surface area (Å²) in [4.78, 5) is 11.4. The summed E-state index contributed by atoms with van der Waals surface area (Å²) in [6.45, 7) is 3.29. The van der Waals surface area contributed by atoms with E-state index in [1.807, 2.05) is 0 Å². The predicted octanol–water partition coefficient (Wildman–Crippen LogP) is 3.12. The van der Waals surface area contributed by atoms with Gasteiger partial charge in [-0.05, 0) is 32.0 Å². The summed E-state index contributed by atoms with van der Waals surface area (Å²) in [5.41, 5.74) is -4.82. The number of halogens is 3. The molecule has 0 bridgehead atoms. The first-order chi connectivity index (χ1) is 9.98. The van der Waals surface area contributed by atoms with Crippen molar-refractivity contribution in [3.63, 3.8) is 0 Å². The molecule has 0 aromatic heterocycles. The number of hydrogen-bond donors (Lipinski definition) is 0. The molecule has 0 atom stereocenters. The first-order valence-electron chi connectivity index (χ1n) is 5.86. The van der Waals surface area contributed by atoms with Gasteiger partial charge in [-0.1, -0.05) is 11.6 Å². The van der Waals surface area contributed by atoms with E-state index >= 15 is 0 Å². The lowest BCUT2D eigenvalue weighted by Crippen LogP contribution is -2.28. The maximum atomic E-state index is 12.4. The zero-order chi connectivity index (χ0) is 17.1. The molecule has 0 aliphatic rings. The van der Waals surface area contributed by atoms with E-state index in [2.05, 4.69) is 8.92 Å². The molecule has 1 aromatic rings. The molecule has 1 rings (SSSR count). The Balaban J connectivity index is 3.37. The van der Waals surface area contributed by atoms with Gasteiger partial charge in [0.25, 0.3) is 0 Å². The number of rotatable bonds is 4. The summed E-state index contributed by atoms with van der Waals surface area (Å²) < 4.78 is 67.9. The van der Waals surface area contributed by atoms with Crippen LogP contribution in [0.5, 0.6) is 5.75 Å². The first-order valence-corrected chi connectivity index (χ1v) is 7.27. The minimum atomic E-state index is -5.79. The Morgan fingerprint density at radius 2 is 1.82 bits per heavy atom. The Labute approximate surface area is 125 Å². The van der Waals surface area contributed by atoms with Crippen LogP contribution in [0.15, 0.2) is 23.8 Å². The lowest BCUT2D eigenvalue weighted by Gasteiger charge is -2.12. The highest BCUT2D eigenvalue weighted by molar-refractivity contribution is 7.88. The Kier molecular flexibility index (Phi) is 5.23. The third-order valence-corrected chi connectivity index (χ3v) is 3.32. The van der Waals surface area contributed by atoms with Gasteiger partial charge in [-0.3, -0.25) is 0 Å². The molecule has 0 saturated heterocycles. The number of allylic oxidation sites excluding steroid dienone is 1. The largest absolute Gasteiger partial charge is 0.534 e. The molecular weight excluding hydrogens is 325 g/mol. The van der Waals surface area contributed by atoms with Crippen LogP contribution in [0, 0.1) is 0 Å². The normalized spacial score (nSPS) is 11.7. The van der Waals surface area contributed by atoms with Gasteiger partial charge in [-0.2, -0.15) is 21.6 Å². The third-order valence-electron chi connectivity index (χ3n) is 2.36. The van der Waals surface area contributed by atoms with E-state index < -0.39 is 27.3 Å². The van der Waals surface area contributed by atoms with Crippen molar-refractivity contribution in [2.45, 2.75) is 19.4 Å². The molecule has 5 nitrogen and oxygen atoms in total. The van der Waals surface area contributed by atoms with E-state index in [-0.39, 0.29) is 11.1 Å². The van der Waals surface area contributed by atoms with Crippen LogP contribution in [-0.4, -0.2) is 27.0 Å². The standard InChI is InChI=1S/C13H13F3O5S/c1-8(2)6-10-7-9(12(17)20-3)4-5-11(10)21-22(18,19)13(14,15)16/h4-7H,1-3H3. The van der Waals surface area contributed by atoms with Crippen molar-refractivity contribution in [1.82, 2.24) is 0 Å². The smallest absolute Gasteiger partial charge is 0.465 e. The Morgan fingerprint density at radius 3 is 2.27 bits per heavy atom. The average molecular weight is 338 g/mol. The lowest BCUT2D eigenvalue weighted by molar-refractivity contribution is -0.0500. The minimum absolute atomic E-state index is 0.00993. The van der Waals surface area contributed by atoms with Gasteiger partial charge in [-0.15, -0.1) is 0 Å². The molecule has 0 unspecified atom stereocenters. The highest BCUT2D eigenvalue weighted by Gasteiger charge is 2.48. The quantitative estimate of drug-likeness (QED) is 0.479. The minimum Gasteiger partial charge on any atom is -0.465 e. The molecule has 122 valence electrons. The summed E-state index contributed by atoms with van der Waals surface area (Å²) in [6, 6.07) is 3.25. The number of benzene rings is 1. The summed E-state index contributed by atoms with van der Waals surface area (Å²) in [5, 5.41) is 0. The van der Waals surface area contributed by atoms with E-state index in [9.17, 15) is 26.4 Å².